The Labute approximate surface area is 98.1 Å². The van der Waals surface area contributed by atoms with E-state index in [2.05, 4.69) is 0 Å². The van der Waals surface area contributed by atoms with Crippen LogP contribution in [0.15, 0.2) is 0 Å². The molecule has 0 aromatic rings. The molecule has 0 saturated carbocycles. The topological polar surface area (TPSA) is 26.0 Å². The molecule has 0 bridgehead atoms. The maximum absolute atomic E-state index is 5.32. The van der Waals surface area contributed by atoms with Crippen LogP contribution in [0.25, 0.3) is 0 Å². The molecule has 0 atom stereocenters. The predicted molar refractivity (Wildman–Crippen MR) is 58.7 cm³/mol. The van der Waals surface area contributed by atoms with Crippen LogP contribution in [0.1, 0.15) is 25.7 Å². The minimum absolute atomic E-state index is 0. The fourth-order valence-corrected chi connectivity index (χ4v) is 1.34. The number of unbranched alkanes of at least 4 members (excludes halogenated alkanes) is 3. The van der Waals surface area contributed by atoms with Crippen molar-refractivity contribution in [3.05, 3.63) is 0 Å². The molecule has 0 aromatic heterocycles. The SMILES string of the molecule is Br.Br.NCCCCC[CH2][Sn]. The minimum atomic E-state index is 0. The summed E-state index contributed by atoms with van der Waals surface area (Å²) in [5.41, 5.74) is 5.32. The van der Waals surface area contributed by atoms with Crippen molar-refractivity contribution in [2.24, 2.45) is 5.73 Å². The van der Waals surface area contributed by atoms with Crippen molar-refractivity contribution >= 4 is 56.5 Å². The van der Waals surface area contributed by atoms with Crippen molar-refractivity contribution in [2.45, 2.75) is 30.1 Å². The normalized spacial score (nSPS) is 7.80. The van der Waals surface area contributed by atoms with Crippen LogP contribution in [0.4, 0.5) is 0 Å². The average Bonchev–Trinajstić information content (AvgIpc) is 1.81. The van der Waals surface area contributed by atoms with Crippen molar-refractivity contribution in [2.75, 3.05) is 6.54 Å². The van der Waals surface area contributed by atoms with Gasteiger partial charge in [-0.1, -0.05) is 0 Å². The number of hydrogen-bond acceptors (Lipinski definition) is 1. The molecule has 0 rings (SSSR count). The van der Waals surface area contributed by atoms with E-state index in [-0.39, 0.29) is 34.0 Å². The van der Waals surface area contributed by atoms with Crippen LogP contribution in [-0.4, -0.2) is 29.1 Å². The van der Waals surface area contributed by atoms with Crippen LogP contribution in [0, 0.1) is 0 Å². The van der Waals surface area contributed by atoms with Gasteiger partial charge in [0.25, 0.3) is 0 Å². The summed E-state index contributed by atoms with van der Waals surface area (Å²) >= 11 is 1.67. The van der Waals surface area contributed by atoms with E-state index in [0.29, 0.717) is 0 Å². The zero-order valence-electron chi connectivity index (χ0n) is 6.14. The molecule has 63 valence electrons. The van der Waals surface area contributed by atoms with E-state index in [1.165, 1.54) is 30.1 Å². The van der Waals surface area contributed by atoms with E-state index in [1.54, 1.807) is 22.5 Å². The van der Waals surface area contributed by atoms with E-state index >= 15 is 0 Å². The molecule has 0 fully saturated rings. The zero-order chi connectivity index (χ0) is 6.24. The van der Waals surface area contributed by atoms with Gasteiger partial charge in [0.2, 0.25) is 0 Å². The van der Waals surface area contributed by atoms with E-state index in [9.17, 15) is 0 Å². The van der Waals surface area contributed by atoms with Gasteiger partial charge in [-0.25, -0.2) is 0 Å². The van der Waals surface area contributed by atoms with Crippen LogP contribution < -0.4 is 5.73 Å². The molecule has 4 heteroatoms. The Hall–Kier alpha value is 1.72. The van der Waals surface area contributed by atoms with Gasteiger partial charge in [-0.2, -0.15) is 0 Å². The fraction of sp³-hybridized carbons (Fsp3) is 1.00. The first-order valence-electron chi connectivity index (χ1n) is 3.26. The molecule has 10 heavy (non-hydrogen) atoms. The van der Waals surface area contributed by atoms with Gasteiger partial charge < -0.3 is 0 Å². The first kappa shape index (κ1) is 17.7. The molecule has 0 amide bonds. The van der Waals surface area contributed by atoms with Crippen LogP contribution in [0.2, 0.25) is 4.44 Å². The van der Waals surface area contributed by atoms with Gasteiger partial charge >= 0.3 is 64.9 Å². The van der Waals surface area contributed by atoms with Crippen LogP contribution in [0.3, 0.4) is 0 Å². The first-order chi connectivity index (χ1) is 3.91. The third-order valence-corrected chi connectivity index (χ3v) is 2.14. The second kappa shape index (κ2) is 17.0. The Morgan fingerprint density at radius 3 is 1.80 bits per heavy atom. The van der Waals surface area contributed by atoms with E-state index in [0.717, 1.165) is 6.54 Å². The molecular formula is C6H16Br2NSn. The molecule has 0 spiro atoms. The summed E-state index contributed by atoms with van der Waals surface area (Å²) in [7, 11) is 0. The van der Waals surface area contributed by atoms with Gasteiger partial charge in [0, 0.05) is 0 Å². The van der Waals surface area contributed by atoms with E-state index < -0.39 is 0 Å². The maximum atomic E-state index is 5.32. The first-order valence-corrected chi connectivity index (χ1v) is 5.28. The van der Waals surface area contributed by atoms with Gasteiger partial charge in [0.05, 0.1) is 0 Å². The summed E-state index contributed by atoms with van der Waals surface area (Å²) in [4.78, 5) is 0. The summed E-state index contributed by atoms with van der Waals surface area (Å²) in [5.74, 6) is 0. The van der Waals surface area contributed by atoms with Crippen molar-refractivity contribution in [1.29, 1.82) is 0 Å². The molecule has 3 radical (unpaired) electrons. The predicted octanol–water partition coefficient (Wildman–Crippen LogP) is 2.25. The standard InChI is InChI=1S/C6H14N.2BrH.Sn/c1-2-3-4-5-6-7;;;/h1-7H2;2*1H;. The Balaban J connectivity index is -0.000000245. The number of halogens is 2. The van der Waals surface area contributed by atoms with Crippen LogP contribution in [0.5, 0.6) is 0 Å². The van der Waals surface area contributed by atoms with Gasteiger partial charge in [0.1, 0.15) is 0 Å². The molecule has 0 aliphatic carbocycles. The number of nitrogens with two attached hydrogens (primary N) is 1. The third kappa shape index (κ3) is 16.4. The van der Waals surface area contributed by atoms with Gasteiger partial charge in [-0.15, -0.1) is 34.0 Å². The molecule has 2 N–H and O–H groups in total. The van der Waals surface area contributed by atoms with Gasteiger partial charge in [-0.3, -0.25) is 0 Å². The second-order valence-electron chi connectivity index (χ2n) is 1.95. The molecule has 0 saturated heterocycles. The number of hydrogen-bond donors (Lipinski definition) is 1. The quantitative estimate of drug-likeness (QED) is 0.574. The summed E-state index contributed by atoms with van der Waals surface area (Å²) in [6.45, 7) is 0.872. The van der Waals surface area contributed by atoms with Crippen molar-refractivity contribution < 1.29 is 0 Å². The second-order valence-corrected chi connectivity index (χ2v) is 3.38. The molecule has 1 nitrogen and oxygen atoms in total. The number of rotatable bonds is 5. The van der Waals surface area contributed by atoms with Crippen LogP contribution >= 0.6 is 34.0 Å². The fourth-order valence-electron chi connectivity index (χ4n) is 0.623. The molecular weight excluding hydrogens is 365 g/mol. The Morgan fingerprint density at radius 2 is 1.40 bits per heavy atom. The van der Waals surface area contributed by atoms with Gasteiger partial charge in [-0.05, 0) is 0 Å². The molecule has 0 heterocycles. The summed E-state index contributed by atoms with van der Waals surface area (Å²) < 4.78 is 1.41. The third-order valence-electron chi connectivity index (χ3n) is 1.13. The Morgan fingerprint density at radius 1 is 0.900 bits per heavy atom. The van der Waals surface area contributed by atoms with E-state index in [1.807, 2.05) is 0 Å². The van der Waals surface area contributed by atoms with Gasteiger partial charge in [0.15, 0.2) is 0 Å². The van der Waals surface area contributed by atoms with Crippen molar-refractivity contribution in [3.8, 4) is 0 Å². The monoisotopic (exact) mass is 380 g/mol. The Kier molecular flexibility index (Phi) is 30.1. The van der Waals surface area contributed by atoms with E-state index in [4.69, 9.17) is 5.73 Å². The summed E-state index contributed by atoms with van der Waals surface area (Å²) in [5, 5.41) is 0. The van der Waals surface area contributed by atoms with Crippen LogP contribution in [-0.2, 0) is 0 Å². The molecule has 0 aliphatic heterocycles. The molecule has 0 aliphatic rings. The summed E-state index contributed by atoms with van der Waals surface area (Å²) in [6, 6.07) is 0. The van der Waals surface area contributed by atoms with Crippen molar-refractivity contribution in [3.63, 3.8) is 0 Å². The summed E-state index contributed by atoms with van der Waals surface area (Å²) in [6.07, 6.45) is 5.36. The zero-order valence-corrected chi connectivity index (χ0v) is 12.4. The molecule has 0 unspecified atom stereocenters. The Bertz CT molecular complexity index is 40.7. The van der Waals surface area contributed by atoms with Crippen molar-refractivity contribution in [1.82, 2.24) is 0 Å². The molecule has 0 aromatic carbocycles. The average molecular weight is 381 g/mol.